The monoisotopic (exact) mass is 372 g/mol. The second-order valence-electron chi connectivity index (χ2n) is 7.24. The van der Waals surface area contributed by atoms with Gasteiger partial charge in [-0.3, -0.25) is 14.3 Å². The largest absolute Gasteiger partial charge is 0.284 e. The molecule has 0 saturated carbocycles. The Hall–Kier alpha value is -2.72. The van der Waals surface area contributed by atoms with Gasteiger partial charge in [0.15, 0.2) is 0 Å². The molecule has 4 aromatic rings. The molecule has 0 fully saturated rings. The average molecular weight is 372 g/mol. The summed E-state index contributed by atoms with van der Waals surface area (Å²) in [6.45, 7) is 2.01. The smallest absolute Gasteiger partial charge is 0.255 e. The minimum atomic E-state index is -0.0319. The Morgan fingerprint density at radius 3 is 2.74 bits per heavy atom. The lowest BCUT2D eigenvalue weighted by molar-refractivity contribution is 0.700. The minimum Gasteiger partial charge on any atom is -0.284 e. The highest BCUT2D eigenvalue weighted by atomic mass is 32.1. The molecule has 0 amide bonds. The molecule has 0 atom stereocenters. The van der Waals surface area contributed by atoms with E-state index < -0.39 is 0 Å². The van der Waals surface area contributed by atoms with E-state index in [1.807, 2.05) is 48.9 Å². The van der Waals surface area contributed by atoms with Gasteiger partial charge in [-0.1, -0.05) is 12.1 Å². The fourth-order valence-electron chi connectivity index (χ4n) is 3.89. The zero-order valence-electron chi connectivity index (χ0n) is 15.2. The van der Waals surface area contributed by atoms with Crippen LogP contribution in [0.4, 0.5) is 0 Å². The standard InChI is InChI=1S/C23H20N2OS/c1-15-6-9-20(24-14-15)16-10-11-25(23(26)12-16)17-7-8-19-18-4-2-3-5-21(18)27-22(19)13-17/h6-14H,2-5H2,1H3. The predicted molar refractivity (Wildman–Crippen MR) is 112 cm³/mol. The summed E-state index contributed by atoms with van der Waals surface area (Å²) in [6, 6.07) is 14.0. The van der Waals surface area contributed by atoms with Gasteiger partial charge in [0.2, 0.25) is 0 Å². The van der Waals surface area contributed by atoms with E-state index in [0.717, 1.165) is 22.5 Å². The van der Waals surface area contributed by atoms with Crippen LogP contribution in [-0.2, 0) is 12.8 Å². The molecule has 0 bridgehead atoms. The van der Waals surface area contributed by atoms with Gasteiger partial charge < -0.3 is 0 Å². The van der Waals surface area contributed by atoms with Crippen molar-refractivity contribution in [2.75, 3.05) is 0 Å². The van der Waals surface area contributed by atoms with Crippen molar-refractivity contribution in [1.29, 1.82) is 0 Å². The first-order chi connectivity index (χ1) is 13.2. The molecular formula is C23H20N2OS. The number of aryl methyl sites for hydroxylation is 3. The van der Waals surface area contributed by atoms with Gasteiger partial charge in [0.25, 0.3) is 5.56 Å². The van der Waals surface area contributed by atoms with E-state index in [1.165, 1.54) is 46.2 Å². The molecule has 0 saturated heterocycles. The normalized spacial score (nSPS) is 13.7. The van der Waals surface area contributed by atoms with E-state index in [9.17, 15) is 4.79 Å². The number of pyridine rings is 2. The molecule has 5 rings (SSSR count). The van der Waals surface area contributed by atoms with Crippen LogP contribution in [-0.4, -0.2) is 9.55 Å². The minimum absolute atomic E-state index is 0.0319. The Kier molecular flexibility index (Phi) is 3.94. The predicted octanol–water partition coefficient (Wildman–Crippen LogP) is 5.30. The van der Waals surface area contributed by atoms with Crippen LogP contribution in [0.3, 0.4) is 0 Å². The summed E-state index contributed by atoms with van der Waals surface area (Å²) in [7, 11) is 0. The maximum Gasteiger partial charge on any atom is 0.255 e. The maximum absolute atomic E-state index is 12.7. The molecule has 1 aliphatic rings. The third-order valence-electron chi connectivity index (χ3n) is 5.35. The third kappa shape index (κ3) is 2.90. The molecule has 0 N–H and O–H groups in total. The number of thiophene rings is 1. The van der Waals surface area contributed by atoms with Gasteiger partial charge in [-0.2, -0.15) is 0 Å². The Bertz CT molecular complexity index is 1200. The van der Waals surface area contributed by atoms with E-state index in [2.05, 4.69) is 23.2 Å². The Balaban J connectivity index is 1.56. The summed E-state index contributed by atoms with van der Waals surface area (Å²) < 4.78 is 3.01. The summed E-state index contributed by atoms with van der Waals surface area (Å²) in [4.78, 5) is 18.7. The van der Waals surface area contributed by atoms with E-state index in [1.54, 1.807) is 10.6 Å². The molecular weight excluding hydrogens is 352 g/mol. The van der Waals surface area contributed by atoms with Crippen molar-refractivity contribution in [3.63, 3.8) is 0 Å². The molecule has 1 aromatic carbocycles. The number of fused-ring (bicyclic) bond motifs is 3. The zero-order valence-corrected chi connectivity index (χ0v) is 16.1. The molecule has 4 heteroatoms. The van der Waals surface area contributed by atoms with Crippen LogP contribution in [0.2, 0.25) is 0 Å². The lowest BCUT2D eigenvalue weighted by Crippen LogP contribution is -2.16. The van der Waals surface area contributed by atoms with Crippen molar-refractivity contribution in [1.82, 2.24) is 9.55 Å². The summed E-state index contributed by atoms with van der Waals surface area (Å²) in [5, 5.41) is 1.37. The fraction of sp³-hybridized carbons (Fsp3) is 0.217. The maximum atomic E-state index is 12.7. The van der Waals surface area contributed by atoms with Crippen molar-refractivity contribution in [3.05, 3.63) is 81.2 Å². The lowest BCUT2D eigenvalue weighted by Gasteiger charge is -2.10. The highest BCUT2D eigenvalue weighted by Gasteiger charge is 2.16. The number of rotatable bonds is 2. The summed E-state index contributed by atoms with van der Waals surface area (Å²) in [5.74, 6) is 0. The number of hydrogen-bond acceptors (Lipinski definition) is 3. The zero-order chi connectivity index (χ0) is 18.4. The van der Waals surface area contributed by atoms with Crippen LogP contribution in [0.1, 0.15) is 28.8 Å². The first-order valence-electron chi connectivity index (χ1n) is 9.39. The third-order valence-corrected chi connectivity index (χ3v) is 6.60. The molecule has 134 valence electrons. The first-order valence-corrected chi connectivity index (χ1v) is 10.2. The van der Waals surface area contributed by atoms with Crippen molar-refractivity contribution in [2.24, 2.45) is 0 Å². The molecule has 0 radical (unpaired) electrons. The summed E-state index contributed by atoms with van der Waals surface area (Å²) in [6.07, 6.45) is 8.64. The van der Waals surface area contributed by atoms with Crippen LogP contribution in [0.15, 0.2) is 59.7 Å². The van der Waals surface area contributed by atoms with Crippen LogP contribution < -0.4 is 5.56 Å². The molecule has 0 aliphatic heterocycles. The highest BCUT2D eigenvalue weighted by Crippen LogP contribution is 2.37. The van der Waals surface area contributed by atoms with Crippen LogP contribution in [0.5, 0.6) is 0 Å². The highest BCUT2D eigenvalue weighted by molar-refractivity contribution is 7.19. The number of hydrogen-bond donors (Lipinski definition) is 0. The lowest BCUT2D eigenvalue weighted by atomic mass is 9.96. The van der Waals surface area contributed by atoms with E-state index in [-0.39, 0.29) is 5.56 Å². The van der Waals surface area contributed by atoms with Crippen molar-refractivity contribution in [2.45, 2.75) is 32.6 Å². The van der Waals surface area contributed by atoms with Crippen LogP contribution in [0, 0.1) is 6.92 Å². The Labute approximate surface area is 161 Å². The molecule has 1 aliphatic carbocycles. The summed E-state index contributed by atoms with van der Waals surface area (Å²) in [5.41, 5.74) is 5.21. The fourth-order valence-corrected chi connectivity index (χ4v) is 5.22. The molecule has 0 unspecified atom stereocenters. The van der Waals surface area contributed by atoms with Gasteiger partial charge in [0.1, 0.15) is 0 Å². The van der Waals surface area contributed by atoms with E-state index >= 15 is 0 Å². The quantitative estimate of drug-likeness (QED) is 0.478. The Morgan fingerprint density at radius 1 is 1.04 bits per heavy atom. The second-order valence-corrected chi connectivity index (χ2v) is 8.37. The van der Waals surface area contributed by atoms with Crippen molar-refractivity contribution < 1.29 is 0 Å². The SMILES string of the molecule is Cc1ccc(-c2ccn(-c3ccc4c5c(sc4c3)CCCC5)c(=O)c2)nc1. The van der Waals surface area contributed by atoms with Crippen molar-refractivity contribution >= 4 is 21.4 Å². The molecule has 3 nitrogen and oxygen atoms in total. The van der Waals surface area contributed by atoms with Gasteiger partial charge >= 0.3 is 0 Å². The van der Waals surface area contributed by atoms with Crippen LogP contribution >= 0.6 is 11.3 Å². The Morgan fingerprint density at radius 2 is 1.93 bits per heavy atom. The van der Waals surface area contributed by atoms with Crippen LogP contribution in [0.25, 0.3) is 27.0 Å². The van der Waals surface area contributed by atoms with Gasteiger partial charge in [0.05, 0.1) is 11.4 Å². The first kappa shape index (κ1) is 16.5. The van der Waals surface area contributed by atoms with E-state index in [4.69, 9.17) is 0 Å². The van der Waals surface area contributed by atoms with E-state index in [0.29, 0.717) is 0 Å². The topological polar surface area (TPSA) is 34.9 Å². The van der Waals surface area contributed by atoms with Crippen molar-refractivity contribution in [3.8, 4) is 16.9 Å². The van der Waals surface area contributed by atoms with Gasteiger partial charge in [-0.05, 0) is 73.4 Å². The number of aromatic nitrogens is 2. The van der Waals surface area contributed by atoms with Gasteiger partial charge in [-0.25, -0.2) is 0 Å². The van der Waals surface area contributed by atoms with Gasteiger partial charge in [0, 0.05) is 33.6 Å². The second kappa shape index (κ2) is 6.46. The summed E-state index contributed by atoms with van der Waals surface area (Å²) >= 11 is 1.89. The van der Waals surface area contributed by atoms with Gasteiger partial charge in [-0.15, -0.1) is 11.3 Å². The number of nitrogens with zero attached hydrogens (tertiary/aromatic N) is 2. The molecule has 3 aromatic heterocycles. The molecule has 27 heavy (non-hydrogen) atoms. The number of benzene rings is 1. The average Bonchev–Trinajstić information content (AvgIpc) is 3.06. The molecule has 0 spiro atoms. The molecule has 3 heterocycles.